The Bertz CT molecular complexity index is 1830. The summed E-state index contributed by atoms with van der Waals surface area (Å²) in [6.07, 6.45) is 6.24. The van der Waals surface area contributed by atoms with Crippen molar-refractivity contribution in [2.75, 3.05) is 26.9 Å². The van der Waals surface area contributed by atoms with Gasteiger partial charge in [0.1, 0.15) is 18.1 Å². The van der Waals surface area contributed by atoms with Crippen LogP contribution >= 0.6 is 0 Å². The molecule has 6 nitrogen and oxygen atoms in total. The standard InChI is InChI=1S/C49H63NO5Si/c1-37(2)45(29-20-32-54-56(49(6,7)8,43-25-15-11-16-26-43)44-27-17-12-18-28-44)46(31-30-38-21-19-24-41(33-38)52-9)47(51)50-35-42(55-48(3,4)5)34-39(50)36-53-40-22-13-10-14-23-40/h10-19,21-28,30-31,33,39,42,45-46H,1,20,29,32,34-36H2,2-9H3/b31-30+/t39-,42+,45-,46+/m0/s1. The van der Waals surface area contributed by atoms with Crippen LogP contribution < -0.4 is 19.8 Å². The maximum atomic E-state index is 15.1. The molecule has 0 saturated carbocycles. The van der Waals surface area contributed by atoms with Crippen LogP contribution in [-0.4, -0.2) is 63.7 Å². The molecule has 4 aromatic carbocycles. The number of carbonyl (C=O) groups is 1. The SMILES string of the molecule is C=C(C)[C@H](CCCO[Si](c1ccccc1)(c1ccccc1)C(C)(C)C)[C@@H](/C=C/c1cccc(OC)c1)C(=O)N1C[C@H](OC(C)(C)C)C[C@H]1COc1ccccc1. The molecule has 7 heteroatoms. The Morgan fingerprint density at radius 1 is 0.857 bits per heavy atom. The van der Waals surface area contributed by atoms with E-state index in [9.17, 15) is 0 Å². The molecule has 1 amide bonds. The summed E-state index contributed by atoms with van der Waals surface area (Å²) in [7, 11) is -1.04. The quantitative estimate of drug-likeness (QED) is 0.0608. The van der Waals surface area contributed by atoms with Crippen LogP contribution in [0.5, 0.6) is 11.5 Å². The Balaban J connectivity index is 1.45. The molecular formula is C49H63NO5Si. The number of rotatable bonds is 17. The smallest absolute Gasteiger partial charge is 0.261 e. The van der Waals surface area contributed by atoms with Gasteiger partial charge in [-0.15, -0.1) is 0 Å². The molecule has 0 radical (unpaired) electrons. The highest BCUT2D eigenvalue weighted by Gasteiger charge is 2.50. The van der Waals surface area contributed by atoms with Crippen molar-refractivity contribution in [2.45, 2.75) is 90.5 Å². The summed E-state index contributed by atoms with van der Waals surface area (Å²) in [6, 6.07) is 39.1. The van der Waals surface area contributed by atoms with Gasteiger partial charge in [0, 0.05) is 13.2 Å². The molecule has 1 saturated heterocycles. The third-order valence-corrected chi connectivity index (χ3v) is 15.7. The van der Waals surface area contributed by atoms with Crippen LogP contribution in [0.25, 0.3) is 6.08 Å². The number of benzene rings is 4. The average Bonchev–Trinajstić information content (AvgIpc) is 3.57. The molecule has 0 N–H and O–H groups in total. The number of amides is 1. The van der Waals surface area contributed by atoms with Gasteiger partial charge in [0.05, 0.1) is 30.8 Å². The summed E-state index contributed by atoms with van der Waals surface area (Å²) in [6.45, 7) is 21.1. The van der Waals surface area contributed by atoms with E-state index in [1.54, 1.807) is 7.11 Å². The van der Waals surface area contributed by atoms with Gasteiger partial charge in [0.25, 0.3) is 8.32 Å². The number of ether oxygens (including phenoxy) is 3. The zero-order valence-corrected chi connectivity index (χ0v) is 35.9. The first-order chi connectivity index (χ1) is 26.7. The highest BCUT2D eigenvalue weighted by molar-refractivity contribution is 6.99. The van der Waals surface area contributed by atoms with Crippen molar-refractivity contribution in [1.82, 2.24) is 4.90 Å². The average molecular weight is 774 g/mol. The van der Waals surface area contributed by atoms with E-state index in [2.05, 4.69) is 128 Å². The van der Waals surface area contributed by atoms with E-state index >= 15 is 4.79 Å². The van der Waals surface area contributed by atoms with Gasteiger partial charge in [-0.25, -0.2) is 0 Å². The molecule has 1 aliphatic heterocycles. The molecule has 1 aliphatic rings. The number of hydrogen-bond acceptors (Lipinski definition) is 5. The number of nitrogens with zero attached hydrogens (tertiary/aromatic N) is 1. The van der Waals surface area contributed by atoms with Crippen LogP contribution in [0.2, 0.25) is 5.04 Å². The molecule has 0 bridgehead atoms. The van der Waals surface area contributed by atoms with Crippen LogP contribution in [0.15, 0.2) is 133 Å². The lowest BCUT2D eigenvalue weighted by Crippen LogP contribution is -2.66. The lowest BCUT2D eigenvalue weighted by molar-refractivity contribution is -0.137. The van der Waals surface area contributed by atoms with E-state index in [1.807, 2.05) is 59.5 Å². The number of hydrogen-bond donors (Lipinski definition) is 0. The Kier molecular flexibility index (Phi) is 14.6. The van der Waals surface area contributed by atoms with Crippen molar-refractivity contribution in [3.05, 3.63) is 139 Å². The normalized spacial score (nSPS) is 17.5. The Hall–Kier alpha value is -4.43. The first kappa shape index (κ1) is 42.7. The van der Waals surface area contributed by atoms with E-state index in [0.717, 1.165) is 35.5 Å². The van der Waals surface area contributed by atoms with Crippen LogP contribution in [0, 0.1) is 11.8 Å². The largest absolute Gasteiger partial charge is 0.497 e. The van der Waals surface area contributed by atoms with Gasteiger partial charge in [0.2, 0.25) is 5.91 Å². The predicted molar refractivity (Wildman–Crippen MR) is 233 cm³/mol. The number of carbonyl (C=O) groups excluding carboxylic acids is 1. The minimum atomic E-state index is -2.71. The Morgan fingerprint density at radius 3 is 2.00 bits per heavy atom. The molecule has 0 unspecified atom stereocenters. The molecule has 4 atom stereocenters. The third-order valence-electron chi connectivity index (χ3n) is 10.7. The van der Waals surface area contributed by atoms with E-state index < -0.39 is 14.2 Å². The first-order valence-electron chi connectivity index (χ1n) is 20.1. The van der Waals surface area contributed by atoms with Gasteiger partial charge in [-0.2, -0.15) is 0 Å². The molecular weight excluding hydrogens is 711 g/mol. The summed E-state index contributed by atoms with van der Waals surface area (Å²) in [5.41, 5.74) is 1.60. The monoisotopic (exact) mass is 773 g/mol. The summed E-state index contributed by atoms with van der Waals surface area (Å²) < 4.78 is 25.6. The van der Waals surface area contributed by atoms with Crippen LogP contribution in [0.4, 0.5) is 0 Å². The maximum Gasteiger partial charge on any atom is 0.261 e. The van der Waals surface area contributed by atoms with Crippen molar-refractivity contribution in [1.29, 1.82) is 0 Å². The fraction of sp³-hybridized carbons (Fsp3) is 0.408. The molecule has 0 aliphatic carbocycles. The second-order valence-corrected chi connectivity index (χ2v) is 21.4. The molecule has 1 heterocycles. The maximum absolute atomic E-state index is 15.1. The Morgan fingerprint density at radius 2 is 1.45 bits per heavy atom. The van der Waals surface area contributed by atoms with E-state index in [-0.39, 0.29) is 34.6 Å². The summed E-state index contributed by atoms with van der Waals surface area (Å²) in [5, 5.41) is 2.39. The fourth-order valence-electron chi connectivity index (χ4n) is 8.16. The van der Waals surface area contributed by atoms with Gasteiger partial charge >= 0.3 is 0 Å². The lowest BCUT2D eigenvalue weighted by atomic mass is 9.82. The van der Waals surface area contributed by atoms with Crippen molar-refractivity contribution in [3.63, 3.8) is 0 Å². The molecule has 56 heavy (non-hydrogen) atoms. The predicted octanol–water partition coefficient (Wildman–Crippen LogP) is 9.74. The van der Waals surface area contributed by atoms with Crippen LogP contribution in [-0.2, 0) is 14.0 Å². The highest BCUT2D eigenvalue weighted by Crippen LogP contribution is 2.38. The lowest BCUT2D eigenvalue weighted by Gasteiger charge is -2.43. The Labute approximate surface area is 337 Å². The molecule has 5 rings (SSSR count). The van der Waals surface area contributed by atoms with E-state index in [1.165, 1.54) is 10.4 Å². The van der Waals surface area contributed by atoms with E-state index in [4.69, 9.17) is 18.6 Å². The second kappa shape index (κ2) is 19.1. The number of allylic oxidation sites excluding steroid dienone is 1. The zero-order valence-electron chi connectivity index (χ0n) is 34.9. The molecule has 298 valence electrons. The van der Waals surface area contributed by atoms with Gasteiger partial charge in [-0.05, 0) is 98.1 Å². The first-order valence-corrected chi connectivity index (χ1v) is 22.0. The van der Waals surface area contributed by atoms with Crippen molar-refractivity contribution in [2.24, 2.45) is 11.8 Å². The molecule has 4 aromatic rings. The number of methoxy groups -OCH3 is 1. The highest BCUT2D eigenvalue weighted by atomic mass is 28.4. The topological polar surface area (TPSA) is 57.2 Å². The summed E-state index contributed by atoms with van der Waals surface area (Å²) in [5.74, 6) is 1.04. The van der Waals surface area contributed by atoms with Gasteiger partial charge in [0.15, 0.2) is 0 Å². The minimum absolute atomic E-state index is 0.0618. The number of likely N-dealkylation sites (tertiary alicyclic amines) is 1. The van der Waals surface area contributed by atoms with Crippen LogP contribution in [0.1, 0.15) is 73.3 Å². The van der Waals surface area contributed by atoms with Gasteiger partial charge in [-0.3, -0.25) is 4.79 Å². The molecule has 0 spiro atoms. The fourth-order valence-corrected chi connectivity index (χ4v) is 12.8. The van der Waals surface area contributed by atoms with Crippen molar-refractivity contribution < 1.29 is 23.4 Å². The molecule has 1 fully saturated rings. The third kappa shape index (κ3) is 10.9. The summed E-state index contributed by atoms with van der Waals surface area (Å²) in [4.78, 5) is 17.1. The second-order valence-electron chi connectivity index (χ2n) is 17.1. The minimum Gasteiger partial charge on any atom is -0.497 e. The van der Waals surface area contributed by atoms with Gasteiger partial charge in [-0.1, -0.05) is 136 Å². The van der Waals surface area contributed by atoms with Crippen molar-refractivity contribution >= 4 is 30.7 Å². The van der Waals surface area contributed by atoms with Crippen LogP contribution in [0.3, 0.4) is 0 Å². The summed E-state index contributed by atoms with van der Waals surface area (Å²) >= 11 is 0. The van der Waals surface area contributed by atoms with Crippen molar-refractivity contribution in [3.8, 4) is 11.5 Å². The number of para-hydroxylation sites is 1. The van der Waals surface area contributed by atoms with Gasteiger partial charge < -0.3 is 23.5 Å². The van der Waals surface area contributed by atoms with E-state index in [0.29, 0.717) is 26.2 Å². The zero-order chi connectivity index (χ0) is 40.3. The molecule has 0 aromatic heterocycles.